The van der Waals surface area contributed by atoms with Crippen molar-refractivity contribution in [2.45, 2.75) is 37.3 Å². The third kappa shape index (κ3) is 6.98. The van der Waals surface area contributed by atoms with Crippen molar-refractivity contribution < 1.29 is 31.1 Å². The van der Waals surface area contributed by atoms with E-state index in [2.05, 4.69) is 10.0 Å². The minimum absolute atomic E-state index is 0.170. The zero-order valence-corrected chi connectivity index (χ0v) is 20.1. The predicted molar refractivity (Wildman–Crippen MR) is 128 cm³/mol. The average molecular weight is 507 g/mol. The predicted octanol–water partition coefficient (Wildman–Crippen LogP) is 5.82. The maximum atomic E-state index is 12.9. The molecule has 0 heterocycles. The third-order valence-corrected chi connectivity index (χ3v) is 6.34. The summed E-state index contributed by atoms with van der Waals surface area (Å²) in [7, 11) is -4.14. The molecule has 0 aliphatic heterocycles. The van der Waals surface area contributed by atoms with Crippen LogP contribution >= 0.6 is 0 Å². The van der Waals surface area contributed by atoms with Crippen LogP contribution in [-0.2, 0) is 26.4 Å². The first-order valence-electron chi connectivity index (χ1n) is 10.6. The Bertz CT molecular complexity index is 1300. The van der Waals surface area contributed by atoms with E-state index in [4.69, 9.17) is 4.74 Å². The standard InChI is InChI=1S/C25H25F3N2O4S/c1-24(2,3)21-9-4-5-10-22(21)34-16-23(31)29-18-11-13-20(14-12-18)35(32,33)30-19-8-6-7-17(15-19)25(26,27)28/h4-15,30H,16H2,1-3H3,(H,29,31). The number of para-hydroxylation sites is 1. The molecular weight excluding hydrogens is 481 g/mol. The zero-order chi connectivity index (χ0) is 25.9. The number of hydrogen-bond donors (Lipinski definition) is 2. The van der Waals surface area contributed by atoms with Gasteiger partial charge in [-0.2, -0.15) is 13.2 Å². The highest BCUT2D eigenvalue weighted by atomic mass is 32.2. The number of alkyl halides is 3. The number of hydrogen-bond acceptors (Lipinski definition) is 4. The first-order chi connectivity index (χ1) is 16.3. The van der Waals surface area contributed by atoms with E-state index >= 15 is 0 Å². The minimum Gasteiger partial charge on any atom is -0.483 e. The van der Waals surface area contributed by atoms with Crippen molar-refractivity contribution in [3.05, 3.63) is 83.9 Å². The Morgan fingerprint density at radius 3 is 2.17 bits per heavy atom. The number of carbonyl (C=O) groups excluding carboxylic acids is 1. The number of benzene rings is 3. The lowest BCUT2D eigenvalue weighted by Crippen LogP contribution is -2.22. The molecular formula is C25H25F3N2O4S. The largest absolute Gasteiger partial charge is 0.483 e. The van der Waals surface area contributed by atoms with E-state index < -0.39 is 27.7 Å². The molecule has 1 amide bonds. The van der Waals surface area contributed by atoms with Crippen LogP contribution < -0.4 is 14.8 Å². The molecule has 0 bridgehead atoms. The number of sulfonamides is 1. The Labute approximate surface area is 202 Å². The quantitative estimate of drug-likeness (QED) is 0.423. The van der Waals surface area contributed by atoms with Crippen LogP contribution in [0.1, 0.15) is 31.9 Å². The Morgan fingerprint density at radius 2 is 1.54 bits per heavy atom. The van der Waals surface area contributed by atoms with Crippen LogP contribution in [0.25, 0.3) is 0 Å². The summed E-state index contributed by atoms with van der Waals surface area (Å²) in [6.07, 6.45) is -4.60. The molecule has 0 unspecified atom stereocenters. The number of carbonyl (C=O) groups is 1. The van der Waals surface area contributed by atoms with Crippen LogP contribution in [0, 0.1) is 0 Å². The van der Waals surface area contributed by atoms with Crippen molar-refractivity contribution in [1.82, 2.24) is 0 Å². The highest BCUT2D eigenvalue weighted by Gasteiger charge is 2.30. The second-order valence-electron chi connectivity index (χ2n) is 8.79. The van der Waals surface area contributed by atoms with Gasteiger partial charge in [0.2, 0.25) is 0 Å². The Morgan fingerprint density at radius 1 is 0.886 bits per heavy atom. The van der Waals surface area contributed by atoms with E-state index in [0.717, 1.165) is 17.7 Å². The van der Waals surface area contributed by atoms with Gasteiger partial charge in [-0.1, -0.05) is 45.0 Å². The molecule has 0 aliphatic carbocycles. The van der Waals surface area contributed by atoms with Crippen LogP contribution in [0.5, 0.6) is 5.75 Å². The molecule has 3 rings (SSSR count). The van der Waals surface area contributed by atoms with Crippen LogP contribution in [0.2, 0.25) is 0 Å². The molecule has 6 nitrogen and oxygen atoms in total. The monoisotopic (exact) mass is 506 g/mol. The molecule has 186 valence electrons. The number of halogens is 3. The van der Waals surface area contributed by atoms with Gasteiger partial charge in [-0.25, -0.2) is 8.42 Å². The summed E-state index contributed by atoms with van der Waals surface area (Å²) in [6, 6.07) is 16.5. The van der Waals surface area contributed by atoms with Gasteiger partial charge in [0.15, 0.2) is 6.61 Å². The molecule has 0 saturated heterocycles. The Hall–Kier alpha value is -3.53. The first-order valence-corrected chi connectivity index (χ1v) is 12.1. The normalized spacial score (nSPS) is 12.2. The van der Waals surface area contributed by atoms with Crippen molar-refractivity contribution in [3.8, 4) is 5.75 Å². The summed E-state index contributed by atoms with van der Waals surface area (Å²) in [5.41, 5.74) is -0.0689. The van der Waals surface area contributed by atoms with Gasteiger partial charge < -0.3 is 10.1 Å². The van der Waals surface area contributed by atoms with Gasteiger partial charge in [0.25, 0.3) is 15.9 Å². The Balaban J connectivity index is 1.63. The topological polar surface area (TPSA) is 84.5 Å². The van der Waals surface area contributed by atoms with Crippen LogP contribution in [0.15, 0.2) is 77.7 Å². The highest BCUT2D eigenvalue weighted by molar-refractivity contribution is 7.92. The molecule has 0 aromatic heterocycles. The first kappa shape index (κ1) is 26.1. The van der Waals surface area contributed by atoms with Crippen molar-refractivity contribution in [2.24, 2.45) is 0 Å². The highest BCUT2D eigenvalue weighted by Crippen LogP contribution is 2.32. The van der Waals surface area contributed by atoms with E-state index in [0.29, 0.717) is 17.5 Å². The van der Waals surface area contributed by atoms with Gasteiger partial charge in [-0.05, 0) is 59.5 Å². The number of nitrogens with one attached hydrogen (secondary N) is 2. The number of amides is 1. The molecule has 10 heteroatoms. The summed E-state index contributed by atoms with van der Waals surface area (Å²) in [4.78, 5) is 12.1. The lowest BCUT2D eigenvalue weighted by Gasteiger charge is -2.22. The lowest BCUT2D eigenvalue weighted by molar-refractivity contribution is -0.137. The number of rotatable bonds is 7. The fourth-order valence-electron chi connectivity index (χ4n) is 3.24. The smallest absolute Gasteiger partial charge is 0.416 e. The van der Waals surface area contributed by atoms with E-state index in [1.807, 2.05) is 39.0 Å². The summed E-state index contributed by atoms with van der Waals surface area (Å²) < 4.78 is 71.6. The van der Waals surface area contributed by atoms with Crippen LogP contribution in [-0.4, -0.2) is 20.9 Å². The number of anilines is 2. The molecule has 3 aromatic carbocycles. The maximum absolute atomic E-state index is 12.9. The molecule has 3 aromatic rings. The van der Waals surface area contributed by atoms with Gasteiger partial charge in [0.05, 0.1) is 10.5 Å². The Kier molecular flexibility index (Phi) is 7.44. The average Bonchev–Trinajstić information content (AvgIpc) is 2.77. The second-order valence-corrected chi connectivity index (χ2v) is 10.5. The third-order valence-electron chi connectivity index (χ3n) is 4.94. The van der Waals surface area contributed by atoms with Gasteiger partial charge >= 0.3 is 6.18 Å². The molecule has 0 aliphatic rings. The van der Waals surface area contributed by atoms with E-state index in [1.165, 1.54) is 30.3 Å². The van der Waals surface area contributed by atoms with E-state index in [-0.39, 0.29) is 22.6 Å². The van der Waals surface area contributed by atoms with E-state index in [9.17, 15) is 26.4 Å². The van der Waals surface area contributed by atoms with Crippen molar-refractivity contribution >= 4 is 27.3 Å². The van der Waals surface area contributed by atoms with Gasteiger partial charge in [0, 0.05) is 11.4 Å². The number of ether oxygens (including phenoxy) is 1. The van der Waals surface area contributed by atoms with Crippen molar-refractivity contribution in [3.63, 3.8) is 0 Å². The van der Waals surface area contributed by atoms with Crippen molar-refractivity contribution in [1.29, 1.82) is 0 Å². The van der Waals surface area contributed by atoms with Crippen LogP contribution in [0.4, 0.5) is 24.5 Å². The van der Waals surface area contributed by atoms with Gasteiger partial charge in [-0.3, -0.25) is 9.52 Å². The fraction of sp³-hybridized carbons (Fsp3) is 0.240. The van der Waals surface area contributed by atoms with Gasteiger partial charge in [0.1, 0.15) is 5.75 Å². The zero-order valence-electron chi connectivity index (χ0n) is 19.3. The van der Waals surface area contributed by atoms with Crippen LogP contribution in [0.3, 0.4) is 0 Å². The van der Waals surface area contributed by atoms with E-state index in [1.54, 1.807) is 6.07 Å². The molecule has 0 atom stereocenters. The minimum atomic E-state index is -4.60. The molecule has 2 N–H and O–H groups in total. The summed E-state index contributed by atoms with van der Waals surface area (Å²) >= 11 is 0. The fourth-order valence-corrected chi connectivity index (χ4v) is 4.29. The molecule has 0 spiro atoms. The van der Waals surface area contributed by atoms with Gasteiger partial charge in [-0.15, -0.1) is 0 Å². The summed E-state index contributed by atoms with van der Waals surface area (Å²) in [6.45, 7) is 5.86. The van der Waals surface area contributed by atoms with Crippen molar-refractivity contribution in [2.75, 3.05) is 16.6 Å². The SMILES string of the molecule is CC(C)(C)c1ccccc1OCC(=O)Nc1ccc(S(=O)(=O)Nc2cccc(C(F)(F)F)c2)cc1. The summed E-state index contributed by atoms with van der Waals surface area (Å²) in [5, 5.41) is 2.62. The molecule has 0 fully saturated rings. The summed E-state index contributed by atoms with van der Waals surface area (Å²) in [5.74, 6) is 0.156. The maximum Gasteiger partial charge on any atom is 0.416 e. The molecule has 0 radical (unpaired) electrons. The lowest BCUT2D eigenvalue weighted by atomic mass is 9.86. The second kappa shape index (κ2) is 9.99. The molecule has 0 saturated carbocycles. The molecule has 35 heavy (non-hydrogen) atoms.